The maximum absolute atomic E-state index is 11.4. The van der Waals surface area contributed by atoms with E-state index in [0.29, 0.717) is 11.7 Å². The Morgan fingerprint density at radius 1 is 1.64 bits per heavy atom. The van der Waals surface area contributed by atoms with Crippen LogP contribution in [-0.2, 0) is 4.79 Å². The van der Waals surface area contributed by atoms with Gasteiger partial charge in [-0.1, -0.05) is 12.2 Å². The van der Waals surface area contributed by atoms with Gasteiger partial charge < -0.3 is 0 Å². The molecule has 11 heavy (non-hydrogen) atoms. The smallest absolute Gasteiger partial charge is 0.139 e. The second-order valence-electron chi connectivity index (χ2n) is 3.77. The quantitative estimate of drug-likeness (QED) is 0.524. The van der Waals surface area contributed by atoms with Crippen LogP contribution in [0.3, 0.4) is 0 Å². The van der Waals surface area contributed by atoms with Gasteiger partial charge >= 0.3 is 0 Å². The summed E-state index contributed by atoms with van der Waals surface area (Å²) in [6, 6.07) is 0. The Kier molecular flexibility index (Phi) is 1.41. The zero-order valence-corrected chi connectivity index (χ0v) is 6.97. The summed E-state index contributed by atoms with van der Waals surface area (Å²) >= 11 is 0. The molecule has 60 valence electrons. The second kappa shape index (κ2) is 2.20. The first-order chi connectivity index (χ1) is 5.29. The zero-order chi connectivity index (χ0) is 7.90. The number of Topliss-reactive ketones (excluding diaryl/α,β-unsaturated/α-hetero) is 1. The van der Waals surface area contributed by atoms with Crippen LogP contribution in [0.5, 0.6) is 0 Å². The van der Waals surface area contributed by atoms with Crippen LogP contribution in [-0.4, -0.2) is 5.78 Å². The van der Waals surface area contributed by atoms with Gasteiger partial charge in [0, 0.05) is 11.8 Å². The molecule has 2 saturated carbocycles. The monoisotopic (exact) mass is 150 g/mol. The van der Waals surface area contributed by atoms with Gasteiger partial charge in [-0.15, -0.1) is 0 Å². The van der Waals surface area contributed by atoms with Gasteiger partial charge in [0.25, 0.3) is 0 Å². The van der Waals surface area contributed by atoms with Gasteiger partial charge in [0.05, 0.1) is 0 Å². The van der Waals surface area contributed by atoms with Crippen LogP contribution in [0.4, 0.5) is 0 Å². The SMILES string of the molecule is C/C=C/[C@@H]1C[C@]12CCCC2=O. The maximum atomic E-state index is 11.4. The summed E-state index contributed by atoms with van der Waals surface area (Å²) in [5, 5.41) is 0. The summed E-state index contributed by atoms with van der Waals surface area (Å²) in [4.78, 5) is 11.4. The molecule has 0 bridgehead atoms. The van der Waals surface area contributed by atoms with Crippen molar-refractivity contribution in [1.82, 2.24) is 0 Å². The van der Waals surface area contributed by atoms with Crippen LogP contribution < -0.4 is 0 Å². The Balaban J connectivity index is 2.10. The molecule has 0 aromatic heterocycles. The predicted molar refractivity (Wildman–Crippen MR) is 44.2 cm³/mol. The molecular weight excluding hydrogens is 136 g/mol. The van der Waals surface area contributed by atoms with E-state index >= 15 is 0 Å². The van der Waals surface area contributed by atoms with Gasteiger partial charge in [-0.2, -0.15) is 0 Å². The summed E-state index contributed by atoms with van der Waals surface area (Å²) < 4.78 is 0. The molecule has 0 unspecified atom stereocenters. The van der Waals surface area contributed by atoms with E-state index in [1.807, 2.05) is 6.92 Å². The molecule has 0 aliphatic heterocycles. The van der Waals surface area contributed by atoms with Gasteiger partial charge in [-0.3, -0.25) is 4.79 Å². The van der Waals surface area contributed by atoms with E-state index in [1.54, 1.807) is 0 Å². The minimum atomic E-state index is 0.145. The lowest BCUT2D eigenvalue weighted by molar-refractivity contribution is -0.122. The van der Waals surface area contributed by atoms with Crippen molar-refractivity contribution in [3.8, 4) is 0 Å². The second-order valence-corrected chi connectivity index (χ2v) is 3.77. The van der Waals surface area contributed by atoms with Crippen molar-refractivity contribution in [3.05, 3.63) is 12.2 Å². The molecule has 0 radical (unpaired) electrons. The molecule has 2 rings (SSSR count). The van der Waals surface area contributed by atoms with E-state index in [0.717, 1.165) is 25.7 Å². The van der Waals surface area contributed by atoms with Crippen LogP contribution >= 0.6 is 0 Å². The number of hydrogen-bond donors (Lipinski definition) is 0. The molecule has 1 spiro atoms. The third-order valence-electron chi connectivity index (χ3n) is 3.14. The Bertz CT molecular complexity index is 217. The predicted octanol–water partition coefficient (Wildman–Crippen LogP) is 2.32. The maximum Gasteiger partial charge on any atom is 0.139 e. The topological polar surface area (TPSA) is 17.1 Å². The highest BCUT2D eigenvalue weighted by Crippen LogP contribution is 2.61. The summed E-state index contributed by atoms with van der Waals surface area (Å²) in [5.41, 5.74) is 0.145. The first-order valence-corrected chi connectivity index (χ1v) is 4.46. The van der Waals surface area contributed by atoms with Gasteiger partial charge in [0.1, 0.15) is 5.78 Å². The van der Waals surface area contributed by atoms with E-state index in [9.17, 15) is 4.79 Å². The molecule has 0 aromatic carbocycles. The molecule has 0 aromatic rings. The number of allylic oxidation sites excluding steroid dienone is 2. The van der Waals surface area contributed by atoms with Crippen molar-refractivity contribution in [1.29, 1.82) is 0 Å². The highest BCUT2D eigenvalue weighted by Gasteiger charge is 2.59. The van der Waals surface area contributed by atoms with Crippen LogP contribution in [0.1, 0.15) is 32.6 Å². The molecule has 2 aliphatic rings. The van der Waals surface area contributed by atoms with E-state index in [-0.39, 0.29) is 5.41 Å². The first-order valence-electron chi connectivity index (χ1n) is 4.46. The fraction of sp³-hybridized carbons (Fsp3) is 0.700. The van der Waals surface area contributed by atoms with Gasteiger partial charge in [-0.05, 0) is 32.1 Å². The largest absolute Gasteiger partial charge is 0.299 e. The minimum absolute atomic E-state index is 0.145. The average Bonchev–Trinajstić information content (AvgIpc) is 2.53. The first kappa shape index (κ1) is 7.08. The van der Waals surface area contributed by atoms with E-state index in [2.05, 4.69) is 12.2 Å². The number of carbonyl (C=O) groups is 1. The summed E-state index contributed by atoms with van der Waals surface area (Å²) in [7, 11) is 0. The fourth-order valence-electron chi connectivity index (χ4n) is 2.38. The van der Waals surface area contributed by atoms with Gasteiger partial charge in [-0.25, -0.2) is 0 Å². The minimum Gasteiger partial charge on any atom is -0.299 e. The third kappa shape index (κ3) is 0.867. The summed E-state index contributed by atoms with van der Waals surface area (Å²) in [6.07, 6.45) is 8.53. The Morgan fingerprint density at radius 2 is 2.45 bits per heavy atom. The number of carbonyl (C=O) groups excluding carboxylic acids is 1. The van der Waals surface area contributed by atoms with E-state index in [4.69, 9.17) is 0 Å². The molecular formula is C10H14O. The third-order valence-corrected chi connectivity index (χ3v) is 3.14. The van der Waals surface area contributed by atoms with Crippen molar-refractivity contribution < 1.29 is 4.79 Å². The molecule has 0 saturated heterocycles. The number of ketones is 1. The molecule has 1 nitrogen and oxygen atoms in total. The fourth-order valence-corrected chi connectivity index (χ4v) is 2.38. The molecule has 2 fully saturated rings. The zero-order valence-electron chi connectivity index (χ0n) is 6.97. The lowest BCUT2D eigenvalue weighted by Gasteiger charge is -2.01. The highest BCUT2D eigenvalue weighted by atomic mass is 16.1. The molecule has 2 aliphatic carbocycles. The Morgan fingerprint density at radius 3 is 3.00 bits per heavy atom. The van der Waals surface area contributed by atoms with Crippen LogP contribution in [0.2, 0.25) is 0 Å². The van der Waals surface area contributed by atoms with Crippen LogP contribution in [0, 0.1) is 11.3 Å². The highest BCUT2D eigenvalue weighted by molar-refractivity contribution is 5.90. The van der Waals surface area contributed by atoms with Crippen molar-refractivity contribution in [2.75, 3.05) is 0 Å². The van der Waals surface area contributed by atoms with Gasteiger partial charge in [0.15, 0.2) is 0 Å². The Labute approximate surface area is 67.5 Å². The van der Waals surface area contributed by atoms with E-state index < -0.39 is 0 Å². The molecule has 0 amide bonds. The molecule has 0 N–H and O–H groups in total. The molecule has 2 atom stereocenters. The van der Waals surface area contributed by atoms with Crippen LogP contribution in [0.25, 0.3) is 0 Å². The molecule has 1 heteroatoms. The van der Waals surface area contributed by atoms with Crippen molar-refractivity contribution in [3.63, 3.8) is 0 Å². The lowest BCUT2D eigenvalue weighted by Crippen LogP contribution is -2.08. The summed E-state index contributed by atoms with van der Waals surface area (Å²) in [6.45, 7) is 2.03. The number of hydrogen-bond acceptors (Lipinski definition) is 1. The van der Waals surface area contributed by atoms with Crippen molar-refractivity contribution in [2.45, 2.75) is 32.6 Å². The Hall–Kier alpha value is -0.590. The van der Waals surface area contributed by atoms with E-state index in [1.165, 1.54) is 0 Å². The number of rotatable bonds is 1. The normalized spacial score (nSPS) is 42.6. The van der Waals surface area contributed by atoms with Crippen LogP contribution in [0.15, 0.2) is 12.2 Å². The lowest BCUT2D eigenvalue weighted by atomic mass is 10.0. The van der Waals surface area contributed by atoms with Crippen molar-refractivity contribution in [2.24, 2.45) is 11.3 Å². The summed E-state index contributed by atoms with van der Waals surface area (Å²) in [5.74, 6) is 1.13. The van der Waals surface area contributed by atoms with Gasteiger partial charge in [0.2, 0.25) is 0 Å². The molecule has 0 heterocycles. The standard InChI is InChI=1S/C10H14O/c1-2-4-8-7-10(8)6-3-5-9(10)11/h2,4,8H,3,5-7H2,1H3/b4-2+/t8-,10-/m1/s1. The average molecular weight is 150 g/mol. The van der Waals surface area contributed by atoms with Crippen molar-refractivity contribution >= 4 is 5.78 Å².